The molecule has 0 bridgehead atoms. The third-order valence-electron chi connectivity index (χ3n) is 6.24. The van der Waals surface area contributed by atoms with Crippen LogP contribution in [-0.4, -0.2) is 15.9 Å². The van der Waals surface area contributed by atoms with Crippen LogP contribution in [0.1, 0.15) is 18.4 Å². The SMILES string of the molecule is O=C(Nc1ccc[nH]c1=O)C1CC(Cc2c(-c3ccc(F)cc3)[nH]c3c(F)cc(F)cc23)C1. The molecule has 33 heavy (non-hydrogen) atoms. The monoisotopic (exact) mass is 451 g/mol. The largest absolute Gasteiger partial charge is 0.352 e. The van der Waals surface area contributed by atoms with Crippen LogP contribution in [0.3, 0.4) is 0 Å². The molecule has 1 fully saturated rings. The van der Waals surface area contributed by atoms with Gasteiger partial charge < -0.3 is 15.3 Å². The third kappa shape index (κ3) is 4.04. The molecule has 3 N–H and O–H groups in total. The molecule has 1 amide bonds. The van der Waals surface area contributed by atoms with Gasteiger partial charge in [-0.3, -0.25) is 9.59 Å². The highest BCUT2D eigenvalue weighted by Crippen LogP contribution is 2.41. The fourth-order valence-corrected chi connectivity index (χ4v) is 4.51. The number of H-pyrrole nitrogens is 2. The Morgan fingerprint density at radius 3 is 2.52 bits per heavy atom. The van der Waals surface area contributed by atoms with Gasteiger partial charge in [-0.1, -0.05) is 0 Å². The van der Waals surface area contributed by atoms with Crippen molar-refractivity contribution >= 4 is 22.5 Å². The lowest BCUT2D eigenvalue weighted by Gasteiger charge is -2.34. The van der Waals surface area contributed by atoms with Crippen LogP contribution >= 0.6 is 0 Å². The lowest BCUT2D eigenvalue weighted by Crippen LogP contribution is -2.36. The Morgan fingerprint density at radius 1 is 1.03 bits per heavy atom. The lowest BCUT2D eigenvalue weighted by molar-refractivity contribution is -0.123. The molecule has 1 aliphatic carbocycles. The van der Waals surface area contributed by atoms with Crippen LogP contribution in [0.25, 0.3) is 22.2 Å². The average Bonchev–Trinajstić information content (AvgIpc) is 3.11. The van der Waals surface area contributed by atoms with Crippen molar-refractivity contribution in [2.24, 2.45) is 11.8 Å². The number of rotatable bonds is 5. The van der Waals surface area contributed by atoms with Crippen molar-refractivity contribution in [3.8, 4) is 11.3 Å². The molecule has 5 nitrogen and oxygen atoms in total. The first-order valence-electron chi connectivity index (χ1n) is 10.6. The first-order valence-corrected chi connectivity index (χ1v) is 10.6. The van der Waals surface area contributed by atoms with E-state index in [9.17, 15) is 22.8 Å². The second-order valence-corrected chi connectivity index (χ2v) is 8.44. The minimum atomic E-state index is -0.696. The smallest absolute Gasteiger partial charge is 0.271 e. The molecule has 2 aromatic heterocycles. The molecule has 1 saturated carbocycles. The topological polar surface area (TPSA) is 77.8 Å². The molecule has 0 aliphatic heterocycles. The lowest BCUT2D eigenvalue weighted by atomic mass is 9.71. The van der Waals surface area contributed by atoms with Gasteiger partial charge in [-0.15, -0.1) is 0 Å². The van der Waals surface area contributed by atoms with Gasteiger partial charge in [0.05, 0.1) is 5.52 Å². The fourth-order valence-electron chi connectivity index (χ4n) is 4.51. The predicted octanol–water partition coefficient (Wildman–Crippen LogP) is 5.15. The molecule has 4 aromatic rings. The quantitative estimate of drug-likeness (QED) is 0.393. The van der Waals surface area contributed by atoms with Crippen molar-refractivity contribution in [1.29, 1.82) is 0 Å². The summed E-state index contributed by atoms with van der Waals surface area (Å²) < 4.78 is 41.9. The molecule has 0 unspecified atom stereocenters. The third-order valence-corrected chi connectivity index (χ3v) is 6.24. The first kappa shape index (κ1) is 21.1. The molecular formula is C25H20F3N3O2. The van der Waals surface area contributed by atoms with Crippen LogP contribution in [0.5, 0.6) is 0 Å². The van der Waals surface area contributed by atoms with Crippen molar-refractivity contribution in [3.63, 3.8) is 0 Å². The molecule has 0 atom stereocenters. The van der Waals surface area contributed by atoms with Gasteiger partial charge >= 0.3 is 0 Å². The Balaban J connectivity index is 1.38. The maximum absolute atomic E-state index is 14.4. The minimum absolute atomic E-state index is 0.124. The summed E-state index contributed by atoms with van der Waals surface area (Å²) in [6.45, 7) is 0. The summed E-state index contributed by atoms with van der Waals surface area (Å²) in [5, 5.41) is 3.10. The second kappa shape index (κ2) is 8.27. The zero-order valence-corrected chi connectivity index (χ0v) is 17.4. The molecule has 168 valence electrons. The summed E-state index contributed by atoms with van der Waals surface area (Å²) in [7, 11) is 0. The van der Waals surface area contributed by atoms with E-state index in [2.05, 4.69) is 15.3 Å². The number of aromatic amines is 2. The van der Waals surface area contributed by atoms with Crippen LogP contribution in [0.4, 0.5) is 18.9 Å². The van der Waals surface area contributed by atoms with E-state index in [-0.39, 0.29) is 34.5 Å². The Morgan fingerprint density at radius 2 is 1.79 bits per heavy atom. The van der Waals surface area contributed by atoms with E-state index in [0.717, 1.165) is 11.6 Å². The maximum atomic E-state index is 14.4. The van der Waals surface area contributed by atoms with Crippen LogP contribution in [0.2, 0.25) is 0 Å². The van der Waals surface area contributed by atoms with Crippen molar-refractivity contribution in [3.05, 3.63) is 88.1 Å². The Bertz CT molecular complexity index is 1400. The molecular weight excluding hydrogens is 431 g/mol. The maximum Gasteiger partial charge on any atom is 0.271 e. The van der Waals surface area contributed by atoms with Crippen molar-refractivity contribution in [2.75, 3.05) is 5.32 Å². The number of hydrogen-bond acceptors (Lipinski definition) is 2. The highest BCUT2D eigenvalue weighted by molar-refractivity contribution is 5.93. The Labute approximate surface area is 186 Å². The number of halogens is 3. The summed E-state index contributed by atoms with van der Waals surface area (Å²) >= 11 is 0. The number of anilines is 1. The number of benzene rings is 2. The molecule has 0 saturated heterocycles. The van der Waals surface area contributed by atoms with E-state index in [1.165, 1.54) is 30.5 Å². The molecule has 0 radical (unpaired) electrons. The minimum Gasteiger partial charge on any atom is -0.352 e. The van der Waals surface area contributed by atoms with E-state index in [1.54, 1.807) is 18.2 Å². The van der Waals surface area contributed by atoms with Gasteiger partial charge in [-0.05, 0) is 78.8 Å². The van der Waals surface area contributed by atoms with E-state index < -0.39 is 17.5 Å². The molecule has 5 rings (SSSR count). The summed E-state index contributed by atoms with van der Waals surface area (Å²) in [4.78, 5) is 29.8. The predicted molar refractivity (Wildman–Crippen MR) is 119 cm³/mol. The molecule has 2 heterocycles. The van der Waals surface area contributed by atoms with Gasteiger partial charge in [0.2, 0.25) is 5.91 Å². The van der Waals surface area contributed by atoms with Gasteiger partial charge in [-0.25, -0.2) is 13.2 Å². The Kier molecular flexibility index (Phi) is 5.28. The van der Waals surface area contributed by atoms with Gasteiger partial charge in [0.1, 0.15) is 23.1 Å². The van der Waals surface area contributed by atoms with Crippen molar-refractivity contribution < 1.29 is 18.0 Å². The summed E-state index contributed by atoms with van der Waals surface area (Å²) in [5.41, 5.74) is 2.04. The van der Waals surface area contributed by atoms with Gasteiger partial charge in [0.15, 0.2) is 0 Å². The number of nitrogens with one attached hydrogen (secondary N) is 3. The average molecular weight is 451 g/mol. The van der Waals surface area contributed by atoms with Crippen molar-refractivity contribution in [2.45, 2.75) is 19.3 Å². The standard InChI is InChI=1S/C25H20F3N3O2/c26-16-5-3-14(4-6-16)22-18(19-11-17(27)12-20(28)23(19)31-22)10-13-8-15(9-13)24(32)30-21-2-1-7-29-25(21)33/h1-7,11-13,15,31H,8-10H2,(H,29,33)(H,30,32). The zero-order valence-electron chi connectivity index (χ0n) is 17.4. The highest BCUT2D eigenvalue weighted by Gasteiger charge is 2.35. The van der Waals surface area contributed by atoms with E-state index >= 15 is 0 Å². The van der Waals surface area contributed by atoms with Crippen LogP contribution in [0, 0.1) is 29.3 Å². The fraction of sp³-hybridized carbons (Fsp3) is 0.200. The number of aromatic nitrogens is 2. The zero-order chi connectivity index (χ0) is 23.1. The normalized spacial score (nSPS) is 17.7. The van der Waals surface area contributed by atoms with Gasteiger partial charge in [0, 0.05) is 29.3 Å². The molecule has 2 aromatic carbocycles. The summed E-state index contributed by atoms with van der Waals surface area (Å²) in [6, 6.07) is 11.1. The van der Waals surface area contributed by atoms with Gasteiger partial charge in [-0.2, -0.15) is 0 Å². The van der Waals surface area contributed by atoms with Crippen LogP contribution in [-0.2, 0) is 11.2 Å². The van der Waals surface area contributed by atoms with E-state index in [0.29, 0.717) is 35.9 Å². The summed E-state index contributed by atoms with van der Waals surface area (Å²) in [5.74, 6) is -2.11. The van der Waals surface area contributed by atoms with E-state index in [1.807, 2.05) is 0 Å². The Hall–Kier alpha value is -3.81. The number of carbonyl (C=O) groups excluding carboxylic acids is 1. The number of amides is 1. The number of pyridine rings is 1. The first-order chi connectivity index (χ1) is 15.9. The second-order valence-electron chi connectivity index (χ2n) is 8.44. The van der Waals surface area contributed by atoms with Crippen LogP contribution in [0.15, 0.2) is 59.5 Å². The number of fused-ring (bicyclic) bond motifs is 1. The number of carbonyl (C=O) groups is 1. The van der Waals surface area contributed by atoms with E-state index in [4.69, 9.17) is 0 Å². The van der Waals surface area contributed by atoms with Crippen LogP contribution < -0.4 is 10.9 Å². The number of hydrogen-bond donors (Lipinski definition) is 3. The molecule has 8 heteroatoms. The van der Waals surface area contributed by atoms with Crippen molar-refractivity contribution in [1.82, 2.24) is 9.97 Å². The summed E-state index contributed by atoms with van der Waals surface area (Å²) in [6.07, 6.45) is 3.17. The molecule has 1 aliphatic rings. The van der Waals surface area contributed by atoms with Gasteiger partial charge in [0.25, 0.3) is 5.56 Å². The highest BCUT2D eigenvalue weighted by atomic mass is 19.1. The molecule has 0 spiro atoms.